The van der Waals surface area contributed by atoms with Crippen molar-refractivity contribution in [2.75, 3.05) is 11.4 Å². The second-order valence-corrected chi connectivity index (χ2v) is 8.23. The summed E-state index contributed by atoms with van der Waals surface area (Å²) in [6.45, 7) is 0.426. The molecule has 1 aromatic carbocycles. The van der Waals surface area contributed by atoms with Gasteiger partial charge in [-0.3, -0.25) is 9.36 Å². The number of hydrogen-bond acceptors (Lipinski definition) is 7. The lowest BCUT2D eigenvalue weighted by atomic mass is 10.1. The van der Waals surface area contributed by atoms with Crippen molar-refractivity contribution in [3.63, 3.8) is 0 Å². The van der Waals surface area contributed by atoms with Gasteiger partial charge < -0.3 is 9.88 Å². The maximum absolute atomic E-state index is 13.6. The summed E-state index contributed by atoms with van der Waals surface area (Å²) in [5, 5.41) is 14.9. The molecule has 11 heteroatoms. The van der Waals surface area contributed by atoms with Gasteiger partial charge in [-0.05, 0) is 24.6 Å². The maximum Gasteiger partial charge on any atom is 0.284 e. The molecule has 10 nitrogen and oxygen atoms in total. The molecule has 0 saturated carbocycles. The number of imidazole rings is 1. The normalized spacial score (nSPS) is 18.2. The molecule has 33 heavy (non-hydrogen) atoms. The Bertz CT molecular complexity index is 1600. The zero-order valence-electron chi connectivity index (χ0n) is 17.1. The van der Waals surface area contributed by atoms with Crippen LogP contribution in [0.4, 0.5) is 5.82 Å². The van der Waals surface area contributed by atoms with Gasteiger partial charge in [0.2, 0.25) is 0 Å². The summed E-state index contributed by atoms with van der Waals surface area (Å²) >= 11 is 6.32. The SMILES string of the molecule is N#CC1C[C@@H](c2nn3ccc(Cl)c3c(=O)n2-c2ccccc2)N(c2ncnc3[nH]cnc23)C1. The standard InChI is InChI=1S/C22H16ClN9O/c23-15-6-7-31-18(15)22(33)32(14-4-2-1-3-5-14)20(29-31)16-8-13(9-24)10-30(16)21-17-19(26-11-25-17)27-12-28-21/h1-7,11-13,16H,8,10H2,(H,25,26,27,28)/t13?,16-/m0/s1. The van der Waals surface area contributed by atoms with E-state index in [0.717, 1.165) is 0 Å². The van der Waals surface area contributed by atoms with E-state index in [9.17, 15) is 10.1 Å². The minimum atomic E-state index is -0.400. The summed E-state index contributed by atoms with van der Waals surface area (Å²) in [5.41, 5.74) is 1.87. The Balaban J connectivity index is 1.62. The second kappa shape index (κ2) is 7.43. The van der Waals surface area contributed by atoms with E-state index >= 15 is 0 Å². The van der Waals surface area contributed by atoms with Crippen molar-refractivity contribution in [3.8, 4) is 11.8 Å². The third-order valence-electron chi connectivity index (χ3n) is 5.93. The van der Waals surface area contributed by atoms with Crippen molar-refractivity contribution >= 4 is 34.1 Å². The maximum atomic E-state index is 13.6. The number of para-hydroxylation sites is 1. The van der Waals surface area contributed by atoms with Crippen LogP contribution in [0.1, 0.15) is 18.3 Å². The van der Waals surface area contributed by atoms with Gasteiger partial charge in [-0.1, -0.05) is 29.8 Å². The summed E-state index contributed by atoms with van der Waals surface area (Å²) in [5.74, 6) is 0.804. The summed E-state index contributed by atoms with van der Waals surface area (Å²) in [4.78, 5) is 31.7. The first-order valence-corrected chi connectivity index (χ1v) is 10.7. The van der Waals surface area contributed by atoms with Crippen molar-refractivity contribution in [1.29, 1.82) is 5.26 Å². The Labute approximate surface area is 191 Å². The summed E-state index contributed by atoms with van der Waals surface area (Å²) in [7, 11) is 0. The topological polar surface area (TPSA) is 121 Å². The molecule has 5 heterocycles. The number of halogens is 1. The molecule has 0 spiro atoms. The number of nitriles is 1. The van der Waals surface area contributed by atoms with Gasteiger partial charge in [0, 0.05) is 12.7 Å². The molecule has 0 radical (unpaired) electrons. The lowest BCUT2D eigenvalue weighted by molar-refractivity contribution is 0.587. The summed E-state index contributed by atoms with van der Waals surface area (Å²) in [6, 6.07) is 12.9. The van der Waals surface area contributed by atoms with Crippen LogP contribution in [0, 0.1) is 17.2 Å². The number of fused-ring (bicyclic) bond motifs is 2. The Morgan fingerprint density at radius 1 is 1.15 bits per heavy atom. The first kappa shape index (κ1) is 19.5. The third kappa shape index (κ3) is 2.97. The molecule has 6 rings (SSSR count). The largest absolute Gasteiger partial charge is 0.343 e. The van der Waals surface area contributed by atoms with Crippen molar-refractivity contribution < 1.29 is 0 Å². The number of H-pyrrole nitrogens is 1. The van der Waals surface area contributed by atoms with E-state index in [-0.39, 0.29) is 11.5 Å². The van der Waals surface area contributed by atoms with Gasteiger partial charge in [-0.25, -0.2) is 19.5 Å². The van der Waals surface area contributed by atoms with Crippen LogP contribution in [0.15, 0.2) is 60.0 Å². The molecule has 0 bridgehead atoms. The number of benzene rings is 1. The minimum Gasteiger partial charge on any atom is -0.343 e. The highest BCUT2D eigenvalue weighted by Gasteiger charge is 2.39. The predicted molar refractivity (Wildman–Crippen MR) is 121 cm³/mol. The Hall–Kier alpha value is -4.23. The van der Waals surface area contributed by atoms with Crippen LogP contribution in [0.2, 0.25) is 5.02 Å². The van der Waals surface area contributed by atoms with Crippen molar-refractivity contribution in [1.82, 2.24) is 34.1 Å². The number of anilines is 1. The zero-order chi connectivity index (χ0) is 22.5. The minimum absolute atomic E-state index is 0.274. The fourth-order valence-electron chi connectivity index (χ4n) is 4.46. The first-order chi connectivity index (χ1) is 16.2. The molecular weight excluding hydrogens is 442 g/mol. The molecule has 5 aromatic rings. The molecule has 1 aliphatic heterocycles. The third-order valence-corrected chi connectivity index (χ3v) is 6.23. The van der Waals surface area contributed by atoms with E-state index < -0.39 is 6.04 Å². The Morgan fingerprint density at radius 3 is 2.82 bits per heavy atom. The molecule has 4 aromatic heterocycles. The second-order valence-electron chi connectivity index (χ2n) is 7.82. The van der Waals surface area contributed by atoms with Crippen molar-refractivity contribution in [2.45, 2.75) is 12.5 Å². The molecule has 1 saturated heterocycles. The lowest BCUT2D eigenvalue weighted by Crippen LogP contribution is -2.33. The Morgan fingerprint density at radius 2 is 2.00 bits per heavy atom. The van der Waals surface area contributed by atoms with Gasteiger partial charge in [0.05, 0.1) is 35.1 Å². The van der Waals surface area contributed by atoms with Crippen LogP contribution >= 0.6 is 11.6 Å². The molecule has 1 unspecified atom stereocenters. The molecule has 0 aliphatic carbocycles. The van der Waals surface area contributed by atoms with Gasteiger partial charge in [0.25, 0.3) is 5.56 Å². The lowest BCUT2D eigenvalue weighted by Gasteiger charge is -2.27. The zero-order valence-corrected chi connectivity index (χ0v) is 17.9. The van der Waals surface area contributed by atoms with E-state index in [1.54, 1.807) is 23.2 Å². The quantitative estimate of drug-likeness (QED) is 0.442. The highest BCUT2D eigenvalue weighted by Crippen LogP contribution is 2.39. The first-order valence-electron chi connectivity index (χ1n) is 10.3. The van der Waals surface area contributed by atoms with Crippen LogP contribution in [0.5, 0.6) is 0 Å². The average Bonchev–Trinajstić information content (AvgIpc) is 3.57. The molecule has 1 N–H and O–H groups in total. The molecule has 0 amide bonds. The average molecular weight is 458 g/mol. The molecule has 2 atom stereocenters. The van der Waals surface area contributed by atoms with Crippen LogP contribution in [-0.4, -0.2) is 40.7 Å². The number of rotatable bonds is 3. The number of nitrogens with zero attached hydrogens (tertiary/aromatic N) is 8. The number of nitrogens with one attached hydrogen (secondary N) is 1. The monoisotopic (exact) mass is 457 g/mol. The van der Waals surface area contributed by atoms with Crippen molar-refractivity contribution in [3.05, 3.63) is 76.5 Å². The summed E-state index contributed by atoms with van der Waals surface area (Å²) < 4.78 is 3.07. The van der Waals surface area contributed by atoms with E-state index in [0.29, 0.717) is 52.0 Å². The highest BCUT2D eigenvalue weighted by atomic mass is 35.5. The van der Waals surface area contributed by atoms with Crippen LogP contribution < -0.4 is 10.5 Å². The molecular formula is C22H16ClN9O. The molecule has 1 aliphatic rings. The molecule has 1 fully saturated rings. The smallest absolute Gasteiger partial charge is 0.284 e. The van der Waals surface area contributed by atoms with Crippen LogP contribution in [-0.2, 0) is 0 Å². The van der Waals surface area contributed by atoms with Gasteiger partial charge in [0.15, 0.2) is 17.3 Å². The number of aromatic amines is 1. The Kier molecular flexibility index (Phi) is 4.38. The van der Waals surface area contributed by atoms with Gasteiger partial charge in [-0.2, -0.15) is 10.4 Å². The molecule has 162 valence electrons. The highest BCUT2D eigenvalue weighted by molar-refractivity contribution is 6.33. The van der Waals surface area contributed by atoms with Gasteiger partial charge in [-0.15, -0.1) is 0 Å². The van der Waals surface area contributed by atoms with E-state index in [1.165, 1.54) is 10.8 Å². The fourth-order valence-corrected chi connectivity index (χ4v) is 4.68. The van der Waals surface area contributed by atoms with Gasteiger partial charge in [0.1, 0.15) is 17.4 Å². The number of aromatic nitrogens is 7. The van der Waals surface area contributed by atoms with Crippen LogP contribution in [0.25, 0.3) is 22.4 Å². The summed E-state index contributed by atoms with van der Waals surface area (Å²) in [6.07, 6.45) is 5.16. The van der Waals surface area contributed by atoms with Crippen molar-refractivity contribution in [2.24, 2.45) is 5.92 Å². The van der Waals surface area contributed by atoms with Crippen LogP contribution in [0.3, 0.4) is 0 Å². The fraction of sp³-hybridized carbons (Fsp3) is 0.182. The van der Waals surface area contributed by atoms with E-state index in [4.69, 9.17) is 16.7 Å². The van der Waals surface area contributed by atoms with E-state index in [2.05, 4.69) is 26.0 Å². The van der Waals surface area contributed by atoms with Gasteiger partial charge >= 0.3 is 0 Å². The number of hydrogen-bond donors (Lipinski definition) is 1. The van der Waals surface area contributed by atoms with E-state index in [1.807, 2.05) is 35.2 Å². The predicted octanol–water partition coefficient (Wildman–Crippen LogP) is 2.90.